The van der Waals surface area contributed by atoms with Gasteiger partial charge in [0.1, 0.15) is 22.2 Å². The number of nitrogens with one attached hydrogen (secondary N) is 1. The van der Waals surface area contributed by atoms with Crippen molar-refractivity contribution in [3.05, 3.63) is 57.8 Å². The van der Waals surface area contributed by atoms with E-state index in [0.29, 0.717) is 5.75 Å². The SMILES string of the molecule is COc1ccc(O)c(C(=O)N/N=C/C=C/c2ccc([N+](=O)[O-])o2)c1. The zero-order valence-electron chi connectivity index (χ0n) is 12.5. The molecule has 2 N–H and O–H groups in total. The van der Waals surface area contributed by atoms with Crippen LogP contribution in [0, 0.1) is 10.1 Å². The highest BCUT2D eigenvalue weighted by Gasteiger charge is 2.11. The minimum atomic E-state index is -0.647. The summed E-state index contributed by atoms with van der Waals surface area (Å²) < 4.78 is 9.87. The maximum atomic E-state index is 11.9. The molecule has 1 aromatic heterocycles. The lowest BCUT2D eigenvalue weighted by molar-refractivity contribution is -0.402. The van der Waals surface area contributed by atoms with Crippen LogP contribution in [0.2, 0.25) is 0 Å². The van der Waals surface area contributed by atoms with Crippen LogP contribution in [0.1, 0.15) is 16.1 Å². The summed E-state index contributed by atoms with van der Waals surface area (Å²) in [6, 6.07) is 6.87. The van der Waals surface area contributed by atoms with E-state index < -0.39 is 10.8 Å². The Balaban J connectivity index is 1.94. The van der Waals surface area contributed by atoms with E-state index in [1.807, 2.05) is 0 Å². The van der Waals surface area contributed by atoms with Gasteiger partial charge < -0.3 is 14.3 Å². The fourth-order valence-electron chi connectivity index (χ4n) is 1.69. The quantitative estimate of drug-likeness (QED) is 0.475. The maximum absolute atomic E-state index is 11.9. The Bertz CT molecular complexity index is 809. The third-order valence-electron chi connectivity index (χ3n) is 2.83. The van der Waals surface area contributed by atoms with Crippen LogP contribution in [0.5, 0.6) is 11.5 Å². The molecule has 0 fully saturated rings. The highest BCUT2D eigenvalue weighted by Crippen LogP contribution is 2.22. The van der Waals surface area contributed by atoms with Gasteiger partial charge in [-0.25, -0.2) is 5.43 Å². The number of allylic oxidation sites excluding steroid dienone is 1. The standard InChI is InChI=1S/C15H13N3O6/c1-23-11-4-6-13(19)12(9-11)15(20)17-16-8-2-3-10-5-7-14(24-10)18(21)22/h2-9,19H,1H3,(H,17,20)/b3-2+,16-8+. The second-order valence-electron chi connectivity index (χ2n) is 4.39. The predicted octanol–water partition coefficient (Wildman–Crippen LogP) is 2.33. The maximum Gasteiger partial charge on any atom is 0.433 e. The topological polar surface area (TPSA) is 127 Å². The number of hydrazone groups is 1. The van der Waals surface area contributed by atoms with Gasteiger partial charge in [-0.1, -0.05) is 0 Å². The Morgan fingerprint density at radius 3 is 2.88 bits per heavy atom. The Morgan fingerprint density at radius 1 is 1.42 bits per heavy atom. The van der Waals surface area contributed by atoms with Gasteiger partial charge in [0, 0.05) is 6.21 Å². The number of hydrogen-bond acceptors (Lipinski definition) is 7. The first-order valence-corrected chi connectivity index (χ1v) is 6.62. The number of aromatic hydroxyl groups is 1. The molecule has 0 aliphatic carbocycles. The zero-order chi connectivity index (χ0) is 17.5. The molecule has 124 valence electrons. The van der Waals surface area contributed by atoms with Crippen molar-refractivity contribution in [2.45, 2.75) is 0 Å². The fourth-order valence-corrected chi connectivity index (χ4v) is 1.69. The monoisotopic (exact) mass is 331 g/mol. The second kappa shape index (κ2) is 7.58. The third kappa shape index (κ3) is 4.19. The molecule has 9 nitrogen and oxygen atoms in total. The minimum absolute atomic E-state index is 0.0112. The number of rotatable bonds is 6. The van der Waals surface area contributed by atoms with Gasteiger partial charge in [-0.05, 0) is 36.4 Å². The number of furan rings is 1. The van der Waals surface area contributed by atoms with Crippen LogP contribution in [-0.4, -0.2) is 29.3 Å². The van der Waals surface area contributed by atoms with Gasteiger partial charge in [0.15, 0.2) is 0 Å². The summed E-state index contributed by atoms with van der Waals surface area (Å²) in [6.45, 7) is 0. The number of phenols is 1. The molecule has 9 heteroatoms. The Kier molecular flexibility index (Phi) is 5.29. The number of amides is 1. The minimum Gasteiger partial charge on any atom is -0.507 e. The number of carbonyl (C=O) groups is 1. The number of nitro groups is 1. The molecule has 0 saturated carbocycles. The van der Waals surface area contributed by atoms with Crippen LogP contribution in [0.3, 0.4) is 0 Å². The highest BCUT2D eigenvalue weighted by atomic mass is 16.6. The average molecular weight is 331 g/mol. The summed E-state index contributed by atoms with van der Waals surface area (Å²) in [5, 5.41) is 23.8. The molecule has 0 spiro atoms. The van der Waals surface area contributed by atoms with Crippen LogP contribution in [-0.2, 0) is 0 Å². The molecule has 0 aliphatic rings. The van der Waals surface area contributed by atoms with Crippen LogP contribution in [0.15, 0.2) is 45.9 Å². The number of benzene rings is 1. The first kappa shape index (κ1) is 16.7. The van der Waals surface area contributed by atoms with Gasteiger partial charge in [0.25, 0.3) is 5.91 Å². The Labute approximate surface area is 136 Å². The highest BCUT2D eigenvalue weighted by molar-refractivity contribution is 5.97. The van der Waals surface area contributed by atoms with Gasteiger partial charge in [-0.2, -0.15) is 5.10 Å². The zero-order valence-corrected chi connectivity index (χ0v) is 12.5. The molecule has 0 unspecified atom stereocenters. The predicted molar refractivity (Wildman–Crippen MR) is 85.0 cm³/mol. The molecule has 2 aromatic rings. The Hall–Kier alpha value is -3.62. The molecule has 1 aromatic carbocycles. The molecule has 0 atom stereocenters. The van der Waals surface area contributed by atoms with Crippen molar-refractivity contribution in [1.29, 1.82) is 0 Å². The lowest BCUT2D eigenvalue weighted by Crippen LogP contribution is -2.17. The van der Waals surface area contributed by atoms with E-state index in [1.165, 1.54) is 55.8 Å². The van der Waals surface area contributed by atoms with E-state index >= 15 is 0 Å². The van der Waals surface area contributed by atoms with E-state index in [4.69, 9.17) is 9.15 Å². The number of carbonyl (C=O) groups excluding carboxylic acids is 1. The van der Waals surface area contributed by atoms with E-state index in [9.17, 15) is 20.0 Å². The van der Waals surface area contributed by atoms with Crippen molar-refractivity contribution in [2.24, 2.45) is 5.10 Å². The van der Waals surface area contributed by atoms with Crippen molar-refractivity contribution in [3.8, 4) is 11.5 Å². The fraction of sp³-hybridized carbons (Fsp3) is 0.0667. The van der Waals surface area contributed by atoms with Gasteiger partial charge in [-0.15, -0.1) is 0 Å². The van der Waals surface area contributed by atoms with Crippen LogP contribution < -0.4 is 10.2 Å². The largest absolute Gasteiger partial charge is 0.507 e. The smallest absolute Gasteiger partial charge is 0.433 e. The average Bonchev–Trinajstić information content (AvgIpc) is 3.04. The van der Waals surface area contributed by atoms with Crippen molar-refractivity contribution in [2.75, 3.05) is 7.11 Å². The van der Waals surface area contributed by atoms with E-state index in [1.54, 1.807) is 0 Å². The number of hydrogen-bond donors (Lipinski definition) is 2. The lowest BCUT2D eigenvalue weighted by Gasteiger charge is -2.05. The summed E-state index contributed by atoms with van der Waals surface area (Å²) in [5.74, 6) is -0.508. The van der Waals surface area contributed by atoms with E-state index in [0.717, 1.165) is 0 Å². The molecule has 0 radical (unpaired) electrons. The van der Waals surface area contributed by atoms with Gasteiger partial charge in [0.05, 0.1) is 18.7 Å². The van der Waals surface area contributed by atoms with Gasteiger partial charge >= 0.3 is 5.88 Å². The molecule has 0 saturated heterocycles. The molecule has 2 rings (SSSR count). The van der Waals surface area contributed by atoms with Crippen molar-refractivity contribution in [3.63, 3.8) is 0 Å². The molecule has 0 bridgehead atoms. The number of phenolic OH excluding ortho intramolecular Hbond substituents is 1. The summed E-state index contributed by atoms with van der Waals surface area (Å²) in [5.41, 5.74) is 2.24. The van der Waals surface area contributed by atoms with Gasteiger partial charge in [-0.3, -0.25) is 14.9 Å². The summed E-state index contributed by atoms with van der Waals surface area (Å²) in [7, 11) is 1.44. The normalized spacial score (nSPS) is 11.0. The third-order valence-corrected chi connectivity index (χ3v) is 2.83. The lowest BCUT2D eigenvalue weighted by atomic mass is 10.2. The van der Waals surface area contributed by atoms with Gasteiger partial charge in [0.2, 0.25) is 0 Å². The van der Waals surface area contributed by atoms with Crippen molar-refractivity contribution >= 4 is 24.1 Å². The summed E-state index contributed by atoms with van der Waals surface area (Å²) in [6.07, 6.45) is 4.11. The molecular weight excluding hydrogens is 318 g/mol. The second-order valence-corrected chi connectivity index (χ2v) is 4.39. The summed E-state index contributed by atoms with van der Waals surface area (Å²) in [4.78, 5) is 21.7. The number of nitrogens with zero attached hydrogens (tertiary/aromatic N) is 2. The Morgan fingerprint density at radius 2 is 2.21 bits per heavy atom. The molecule has 24 heavy (non-hydrogen) atoms. The molecule has 1 amide bonds. The number of methoxy groups -OCH3 is 1. The van der Waals surface area contributed by atoms with E-state index in [-0.39, 0.29) is 23.0 Å². The van der Waals surface area contributed by atoms with E-state index in [2.05, 4.69) is 10.5 Å². The first-order chi connectivity index (χ1) is 11.5. The van der Waals surface area contributed by atoms with Crippen molar-refractivity contribution < 1.29 is 24.0 Å². The summed E-state index contributed by atoms with van der Waals surface area (Å²) >= 11 is 0. The van der Waals surface area contributed by atoms with Crippen LogP contribution >= 0.6 is 0 Å². The molecule has 1 heterocycles. The number of ether oxygens (including phenoxy) is 1. The first-order valence-electron chi connectivity index (χ1n) is 6.62. The van der Waals surface area contributed by atoms with Crippen molar-refractivity contribution in [1.82, 2.24) is 5.43 Å². The van der Waals surface area contributed by atoms with Crippen LogP contribution in [0.25, 0.3) is 6.08 Å². The molecule has 0 aliphatic heterocycles. The molecular formula is C15H13N3O6. The van der Waals surface area contributed by atoms with Crippen LogP contribution in [0.4, 0.5) is 5.88 Å².